The summed E-state index contributed by atoms with van der Waals surface area (Å²) in [6.07, 6.45) is 4.49. The molecule has 3 nitrogen and oxygen atoms in total. The van der Waals surface area contributed by atoms with Crippen LogP contribution in [0.4, 0.5) is 46.5 Å². The van der Waals surface area contributed by atoms with Gasteiger partial charge in [-0.3, -0.25) is 0 Å². The Kier molecular flexibility index (Phi) is 7.10. The molecule has 240 valence electrons. The second-order valence-corrected chi connectivity index (χ2v) is 12.2. The summed E-state index contributed by atoms with van der Waals surface area (Å²) in [7, 11) is 0. The molecule has 0 radical (unpaired) electrons. The normalized spacial score (nSPS) is 25.3. The molecular formula is C35H28F8N2O. The van der Waals surface area contributed by atoms with Gasteiger partial charge in [-0.1, -0.05) is 12.2 Å². The summed E-state index contributed by atoms with van der Waals surface area (Å²) in [4.78, 5) is 5.60. The predicted octanol–water partition coefficient (Wildman–Crippen LogP) is 10.1. The van der Waals surface area contributed by atoms with Gasteiger partial charge in [-0.25, -0.2) is 40.1 Å². The van der Waals surface area contributed by atoms with Crippen LogP contribution in [-0.4, -0.2) is 18.1 Å². The van der Waals surface area contributed by atoms with E-state index in [1.165, 1.54) is 0 Å². The van der Waals surface area contributed by atoms with E-state index in [2.05, 4.69) is 4.99 Å². The van der Waals surface area contributed by atoms with E-state index < -0.39 is 76.1 Å². The second kappa shape index (κ2) is 10.7. The van der Waals surface area contributed by atoms with Gasteiger partial charge >= 0.3 is 0 Å². The maximum Gasteiger partial charge on any atom is 0.199 e. The van der Waals surface area contributed by atoms with Gasteiger partial charge in [0.2, 0.25) is 0 Å². The fourth-order valence-electron chi connectivity index (χ4n) is 7.55. The van der Waals surface area contributed by atoms with Crippen LogP contribution in [0.15, 0.2) is 63.9 Å². The van der Waals surface area contributed by atoms with Crippen LogP contribution >= 0.6 is 0 Å². The molecule has 46 heavy (non-hydrogen) atoms. The molecule has 0 fully saturated rings. The monoisotopic (exact) mass is 644 g/mol. The van der Waals surface area contributed by atoms with Gasteiger partial charge in [0, 0.05) is 17.9 Å². The summed E-state index contributed by atoms with van der Waals surface area (Å²) >= 11 is 0. The Morgan fingerprint density at radius 1 is 0.761 bits per heavy atom. The summed E-state index contributed by atoms with van der Waals surface area (Å²) in [5.74, 6) is -14.7. The number of hydrogen-bond donors (Lipinski definition) is 0. The van der Waals surface area contributed by atoms with Gasteiger partial charge in [0.1, 0.15) is 23.4 Å². The fourth-order valence-corrected chi connectivity index (χ4v) is 7.55. The highest BCUT2D eigenvalue weighted by atomic mass is 19.2. The van der Waals surface area contributed by atoms with Crippen LogP contribution in [-0.2, 0) is 4.74 Å². The molecule has 0 spiro atoms. The highest BCUT2D eigenvalue weighted by Gasteiger charge is 2.53. The summed E-state index contributed by atoms with van der Waals surface area (Å²) in [6, 6.07) is 0. The zero-order valence-corrected chi connectivity index (χ0v) is 25.3. The summed E-state index contributed by atoms with van der Waals surface area (Å²) in [6.45, 7) is 6.90. The fraction of sp³-hybridized carbons (Fsp3) is 0.343. The van der Waals surface area contributed by atoms with Crippen molar-refractivity contribution in [2.45, 2.75) is 71.6 Å². The molecule has 2 heterocycles. The molecule has 11 heteroatoms. The van der Waals surface area contributed by atoms with Crippen molar-refractivity contribution in [2.24, 2.45) is 10.9 Å². The maximum atomic E-state index is 16.0. The highest BCUT2D eigenvalue weighted by Crippen LogP contribution is 2.55. The number of aliphatic imine (C=N–C) groups is 1. The van der Waals surface area contributed by atoms with Crippen LogP contribution < -0.4 is 4.90 Å². The number of nitrogens with zero attached hydrogens (tertiary/aromatic N) is 2. The molecule has 0 saturated heterocycles. The molecule has 0 amide bonds. The van der Waals surface area contributed by atoms with E-state index in [1.54, 1.807) is 20.8 Å². The second-order valence-electron chi connectivity index (χ2n) is 12.2. The van der Waals surface area contributed by atoms with Crippen molar-refractivity contribution in [3.05, 3.63) is 116 Å². The van der Waals surface area contributed by atoms with Crippen LogP contribution in [0, 0.1) is 56.9 Å². The molecule has 2 aromatic carbocycles. The average Bonchev–Trinajstić information content (AvgIpc) is 3.06. The number of anilines is 1. The first-order valence-corrected chi connectivity index (χ1v) is 15.0. The third kappa shape index (κ3) is 4.05. The van der Waals surface area contributed by atoms with Crippen LogP contribution in [0.5, 0.6) is 0 Å². The van der Waals surface area contributed by atoms with Crippen molar-refractivity contribution in [2.75, 3.05) is 4.90 Å². The zero-order chi connectivity index (χ0) is 32.9. The third-order valence-corrected chi connectivity index (χ3v) is 9.92. The first kappa shape index (κ1) is 30.5. The molecule has 4 atom stereocenters. The van der Waals surface area contributed by atoms with Crippen LogP contribution in [0.1, 0.15) is 65.0 Å². The Hall–Kier alpha value is -4.15. The van der Waals surface area contributed by atoms with Crippen molar-refractivity contribution in [1.82, 2.24) is 0 Å². The summed E-state index contributed by atoms with van der Waals surface area (Å²) < 4.78 is 128. The van der Waals surface area contributed by atoms with E-state index >= 15 is 22.0 Å². The van der Waals surface area contributed by atoms with E-state index in [1.807, 2.05) is 36.1 Å². The summed E-state index contributed by atoms with van der Waals surface area (Å²) in [5, 5.41) is 0. The molecule has 5 aliphatic rings. The average molecular weight is 645 g/mol. The maximum absolute atomic E-state index is 16.0. The highest BCUT2D eigenvalue weighted by molar-refractivity contribution is 6.06. The van der Waals surface area contributed by atoms with E-state index in [4.69, 9.17) is 4.74 Å². The molecule has 0 N–H and O–H groups in total. The van der Waals surface area contributed by atoms with E-state index in [-0.39, 0.29) is 5.56 Å². The molecule has 4 unspecified atom stereocenters. The predicted molar refractivity (Wildman–Crippen MR) is 157 cm³/mol. The standard InChI is InChI=1S/C35H28F8N2O/c1-13-14(2)21(16(4)35(15(13)3)45-17-9-5-7-11-19(17)46-20-12-8-6-10-18(20)45)22-23-25(36)27(38)29(40)31(42)33(23)44-34-24(22)26(37)28(39)30(41)32(34)43/h5,8-9,12,22-23,25,27H,6-7,10-11H2,1-4H3. The number of benzene rings is 2. The molecule has 2 aromatic rings. The van der Waals surface area contributed by atoms with Gasteiger partial charge in [0.15, 0.2) is 41.1 Å². The molecule has 0 saturated carbocycles. The quantitative estimate of drug-likeness (QED) is 0.185. The first-order valence-electron chi connectivity index (χ1n) is 15.0. The lowest BCUT2D eigenvalue weighted by atomic mass is 9.67. The summed E-state index contributed by atoms with van der Waals surface area (Å²) in [5.41, 5.74) is 1.43. The third-order valence-electron chi connectivity index (χ3n) is 9.92. The number of halogens is 8. The topological polar surface area (TPSA) is 24.8 Å². The van der Waals surface area contributed by atoms with Crippen molar-refractivity contribution >= 4 is 17.1 Å². The lowest BCUT2D eigenvalue weighted by molar-refractivity contribution is 0.123. The van der Waals surface area contributed by atoms with Crippen LogP contribution in [0.3, 0.4) is 0 Å². The minimum atomic E-state index is -3.08. The van der Waals surface area contributed by atoms with Crippen molar-refractivity contribution in [3.63, 3.8) is 0 Å². The number of ether oxygens (including phenoxy) is 1. The molecular weight excluding hydrogens is 616 g/mol. The number of alkyl halides is 2. The molecule has 3 aliphatic carbocycles. The van der Waals surface area contributed by atoms with Gasteiger partial charge in [0.25, 0.3) is 0 Å². The van der Waals surface area contributed by atoms with Gasteiger partial charge in [0.05, 0.1) is 28.7 Å². The van der Waals surface area contributed by atoms with Gasteiger partial charge in [-0.15, -0.1) is 0 Å². The van der Waals surface area contributed by atoms with E-state index in [0.29, 0.717) is 53.2 Å². The molecule has 7 rings (SSSR count). The van der Waals surface area contributed by atoms with E-state index in [0.717, 1.165) is 23.4 Å². The van der Waals surface area contributed by atoms with Crippen molar-refractivity contribution < 1.29 is 39.9 Å². The Morgan fingerprint density at radius 3 is 2.17 bits per heavy atom. The van der Waals surface area contributed by atoms with Gasteiger partial charge < -0.3 is 9.64 Å². The largest absolute Gasteiger partial charge is 0.458 e. The molecule has 2 aliphatic heterocycles. The Morgan fingerprint density at radius 2 is 1.43 bits per heavy atom. The molecule has 0 aromatic heterocycles. The van der Waals surface area contributed by atoms with Crippen LogP contribution in [0.25, 0.3) is 0 Å². The zero-order valence-electron chi connectivity index (χ0n) is 25.3. The minimum Gasteiger partial charge on any atom is -0.458 e. The van der Waals surface area contributed by atoms with Crippen molar-refractivity contribution in [1.29, 1.82) is 0 Å². The number of rotatable bonds is 2. The van der Waals surface area contributed by atoms with Crippen molar-refractivity contribution in [3.8, 4) is 0 Å². The number of fused-ring (bicyclic) bond motifs is 2. The lowest BCUT2D eigenvalue weighted by Gasteiger charge is -2.42. The van der Waals surface area contributed by atoms with Gasteiger partial charge in [-0.2, -0.15) is 0 Å². The Bertz CT molecular complexity index is 1930. The Labute approximate surface area is 259 Å². The number of allylic oxidation sites excluding steroid dienone is 8. The first-order chi connectivity index (χ1) is 21.9. The SMILES string of the molecule is Cc1c(C)c(C2c3c(F)c(F)c(F)c(F)c3N=C3C(F)=C(F)C(F)C(F)C32)c(C)c(N2C3=C(CCC=C3)OC3=C2CCC=C3)c1C. The van der Waals surface area contributed by atoms with Gasteiger partial charge in [-0.05, 0) is 86.9 Å². The van der Waals surface area contributed by atoms with Crippen LogP contribution in [0.2, 0.25) is 0 Å². The Balaban J connectivity index is 1.58. The van der Waals surface area contributed by atoms with E-state index in [9.17, 15) is 13.2 Å². The minimum absolute atomic E-state index is 0.118. The molecule has 0 bridgehead atoms. The smallest absolute Gasteiger partial charge is 0.199 e. The number of hydrogen-bond acceptors (Lipinski definition) is 3. The lowest BCUT2D eigenvalue weighted by Crippen LogP contribution is -2.44.